The molecule has 0 rings (SSSR count). The molecule has 0 aromatic rings. The molecule has 0 saturated carbocycles. The van der Waals surface area contributed by atoms with Gasteiger partial charge in [0.1, 0.15) is 0 Å². The minimum absolute atomic E-state index is 0.0281. The van der Waals surface area contributed by atoms with Crippen LogP contribution in [0, 0.1) is 0 Å². The number of carbonyl (C=O) groups is 2. The Morgan fingerprint density at radius 3 is 1.22 bits per heavy atom. The van der Waals surface area contributed by atoms with Crippen LogP contribution in [0.4, 0.5) is 0 Å². The minimum atomic E-state index is -0.860. The van der Waals surface area contributed by atoms with Crippen molar-refractivity contribution in [2.45, 2.75) is 283 Å². The molecule has 2 atom stereocenters. The molecule has 0 bridgehead atoms. The number of hydrogen-bond donors (Lipinski definition) is 3. The summed E-state index contributed by atoms with van der Waals surface area (Å²) < 4.78 is 5.46. The number of nitrogens with one attached hydrogen (secondary N) is 1. The fourth-order valence-electron chi connectivity index (χ4n) is 7.74. The van der Waals surface area contributed by atoms with Crippen LogP contribution in [0.25, 0.3) is 0 Å². The Morgan fingerprint density at radius 1 is 0.466 bits per heavy atom. The second-order valence-corrected chi connectivity index (χ2v) is 17.5. The predicted molar refractivity (Wildman–Crippen MR) is 250 cm³/mol. The average molecular weight is 818 g/mol. The maximum absolute atomic E-state index is 12.4. The summed E-state index contributed by atoms with van der Waals surface area (Å²) in [4.78, 5) is 24.5. The highest BCUT2D eigenvalue weighted by Crippen LogP contribution is 2.15. The van der Waals surface area contributed by atoms with Crippen molar-refractivity contribution in [3.05, 3.63) is 24.3 Å². The summed E-state index contributed by atoms with van der Waals surface area (Å²) in [6.07, 6.45) is 56.0. The van der Waals surface area contributed by atoms with E-state index in [0.29, 0.717) is 19.4 Å². The predicted octanol–water partition coefficient (Wildman–Crippen LogP) is 15.1. The lowest BCUT2D eigenvalue weighted by molar-refractivity contribution is -0.143. The summed E-state index contributed by atoms with van der Waals surface area (Å²) in [6.45, 7) is 4.83. The van der Waals surface area contributed by atoms with Crippen LogP contribution in [0.5, 0.6) is 0 Å². The van der Waals surface area contributed by atoms with Crippen LogP contribution < -0.4 is 5.32 Å². The maximum atomic E-state index is 12.4. The second kappa shape index (κ2) is 48.0. The van der Waals surface area contributed by atoms with Crippen molar-refractivity contribution in [2.24, 2.45) is 0 Å². The second-order valence-electron chi connectivity index (χ2n) is 17.5. The van der Waals surface area contributed by atoms with Crippen molar-refractivity contribution >= 4 is 11.9 Å². The summed E-state index contributed by atoms with van der Waals surface area (Å²) in [5, 5.41) is 23.0. The van der Waals surface area contributed by atoms with Gasteiger partial charge in [0, 0.05) is 12.8 Å². The molecule has 6 nitrogen and oxygen atoms in total. The highest BCUT2D eigenvalue weighted by Gasteiger charge is 2.18. The summed E-state index contributed by atoms with van der Waals surface area (Å²) in [7, 11) is 0. The van der Waals surface area contributed by atoms with Crippen LogP contribution >= 0.6 is 0 Å². The smallest absolute Gasteiger partial charge is 0.305 e. The van der Waals surface area contributed by atoms with E-state index in [1.54, 1.807) is 6.08 Å². The maximum Gasteiger partial charge on any atom is 0.305 e. The van der Waals surface area contributed by atoms with Crippen molar-refractivity contribution in [2.75, 3.05) is 13.2 Å². The third kappa shape index (κ3) is 43.9. The zero-order valence-electron chi connectivity index (χ0n) is 38.8. The van der Waals surface area contributed by atoms with Crippen molar-refractivity contribution in [3.8, 4) is 0 Å². The van der Waals surface area contributed by atoms with E-state index in [1.165, 1.54) is 186 Å². The van der Waals surface area contributed by atoms with Crippen molar-refractivity contribution in [1.82, 2.24) is 5.32 Å². The minimum Gasteiger partial charge on any atom is -0.466 e. The molecule has 0 radical (unpaired) electrons. The molecule has 0 aliphatic rings. The number of aliphatic hydroxyl groups excluding tert-OH is 2. The van der Waals surface area contributed by atoms with E-state index in [0.717, 1.165) is 57.8 Å². The van der Waals surface area contributed by atoms with Crippen molar-refractivity contribution < 1.29 is 24.5 Å². The number of aliphatic hydroxyl groups is 2. The van der Waals surface area contributed by atoms with Crippen LogP contribution in [0.3, 0.4) is 0 Å². The number of hydrogen-bond acceptors (Lipinski definition) is 5. The zero-order valence-corrected chi connectivity index (χ0v) is 38.8. The van der Waals surface area contributed by atoms with Crippen molar-refractivity contribution in [1.29, 1.82) is 0 Å². The fraction of sp³-hybridized carbons (Fsp3) is 0.885. The van der Waals surface area contributed by atoms with Gasteiger partial charge in [-0.3, -0.25) is 9.59 Å². The van der Waals surface area contributed by atoms with Gasteiger partial charge in [-0.25, -0.2) is 0 Å². The number of esters is 1. The lowest BCUT2D eigenvalue weighted by Gasteiger charge is -2.20. The molecule has 0 aromatic carbocycles. The lowest BCUT2D eigenvalue weighted by atomic mass is 10.0. The molecular formula is C52H99NO5. The van der Waals surface area contributed by atoms with E-state index < -0.39 is 12.1 Å². The Hall–Kier alpha value is -1.66. The van der Waals surface area contributed by atoms with Crippen LogP contribution in [0.1, 0.15) is 271 Å². The van der Waals surface area contributed by atoms with Gasteiger partial charge >= 0.3 is 5.97 Å². The van der Waals surface area contributed by atoms with Crippen LogP contribution in [-0.4, -0.2) is 47.4 Å². The van der Waals surface area contributed by atoms with Gasteiger partial charge in [-0.2, -0.15) is 0 Å². The molecule has 58 heavy (non-hydrogen) atoms. The third-order valence-corrected chi connectivity index (χ3v) is 11.7. The van der Waals surface area contributed by atoms with E-state index in [-0.39, 0.29) is 18.5 Å². The van der Waals surface area contributed by atoms with Crippen LogP contribution in [0.2, 0.25) is 0 Å². The number of ether oxygens (including phenoxy) is 1. The van der Waals surface area contributed by atoms with Gasteiger partial charge in [-0.05, 0) is 57.8 Å². The van der Waals surface area contributed by atoms with Gasteiger partial charge in [0.15, 0.2) is 0 Å². The molecule has 3 N–H and O–H groups in total. The van der Waals surface area contributed by atoms with Gasteiger partial charge in [0.05, 0.1) is 25.4 Å². The van der Waals surface area contributed by atoms with Crippen LogP contribution in [-0.2, 0) is 14.3 Å². The molecule has 0 fully saturated rings. The lowest BCUT2D eigenvalue weighted by Crippen LogP contribution is -2.45. The SMILES string of the molecule is CCCCCCCC/C=C\CCCCCCCCCCCC(=O)OCCCCCCCCCCCC(=O)NC(CO)C(O)/C=C/CCCCCCCCCCCCC. The molecule has 0 aromatic heterocycles. The first-order valence-electron chi connectivity index (χ1n) is 25.6. The largest absolute Gasteiger partial charge is 0.466 e. The Kier molecular flexibility index (Phi) is 46.6. The molecule has 2 unspecified atom stereocenters. The highest BCUT2D eigenvalue weighted by atomic mass is 16.5. The first-order valence-corrected chi connectivity index (χ1v) is 25.6. The molecule has 0 aliphatic heterocycles. The monoisotopic (exact) mass is 818 g/mol. The number of carbonyl (C=O) groups excluding carboxylic acids is 2. The summed E-state index contributed by atoms with van der Waals surface area (Å²) in [5.41, 5.74) is 0. The molecule has 342 valence electrons. The Morgan fingerprint density at radius 2 is 0.810 bits per heavy atom. The van der Waals surface area contributed by atoms with E-state index in [1.807, 2.05) is 6.08 Å². The van der Waals surface area contributed by atoms with Crippen molar-refractivity contribution in [3.63, 3.8) is 0 Å². The molecule has 6 heteroatoms. The molecule has 0 aliphatic carbocycles. The Labute approximate surface area is 361 Å². The van der Waals surface area contributed by atoms with Gasteiger partial charge in [-0.15, -0.1) is 0 Å². The molecule has 1 amide bonds. The Bertz CT molecular complexity index is 904. The Balaban J connectivity index is 3.49. The number of allylic oxidation sites excluding steroid dienone is 3. The topological polar surface area (TPSA) is 95.9 Å². The first kappa shape index (κ1) is 56.3. The first-order chi connectivity index (χ1) is 28.5. The van der Waals surface area contributed by atoms with Gasteiger partial charge in [0.25, 0.3) is 0 Å². The normalized spacial score (nSPS) is 12.8. The van der Waals surface area contributed by atoms with E-state index in [4.69, 9.17) is 4.74 Å². The molecular weight excluding hydrogens is 719 g/mol. The van der Waals surface area contributed by atoms with E-state index in [2.05, 4.69) is 31.3 Å². The third-order valence-electron chi connectivity index (χ3n) is 11.7. The summed E-state index contributed by atoms with van der Waals surface area (Å²) >= 11 is 0. The zero-order chi connectivity index (χ0) is 42.3. The molecule has 0 heterocycles. The quantitative estimate of drug-likeness (QED) is 0.0323. The number of amides is 1. The number of rotatable bonds is 47. The fourth-order valence-corrected chi connectivity index (χ4v) is 7.74. The number of unbranched alkanes of at least 4 members (excludes halogenated alkanes) is 34. The average Bonchev–Trinajstić information content (AvgIpc) is 3.22. The van der Waals surface area contributed by atoms with E-state index in [9.17, 15) is 19.8 Å². The van der Waals surface area contributed by atoms with Gasteiger partial charge in [-0.1, -0.05) is 224 Å². The standard InChI is InChI=1S/C52H99NO5/c1-3-5-7-9-11-13-15-17-18-19-20-21-22-24-26-30-34-38-42-46-52(57)58-47-43-39-35-31-27-29-33-37-41-45-51(56)53-49(48-54)50(55)44-40-36-32-28-25-23-16-14-12-10-8-6-4-2/h17-18,40,44,49-50,54-55H,3-16,19-39,41-43,45-48H2,1-2H3,(H,53,56)/b18-17-,44-40+. The summed E-state index contributed by atoms with van der Waals surface area (Å²) in [5.74, 6) is -0.124. The highest BCUT2D eigenvalue weighted by molar-refractivity contribution is 5.76. The van der Waals surface area contributed by atoms with Gasteiger partial charge in [0.2, 0.25) is 5.91 Å². The van der Waals surface area contributed by atoms with E-state index >= 15 is 0 Å². The van der Waals surface area contributed by atoms with Gasteiger partial charge < -0.3 is 20.3 Å². The molecule has 0 spiro atoms. The summed E-state index contributed by atoms with van der Waals surface area (Å²) in [6, 6.07) is -0.647. The molecule has 0 saturated heterocycles. The van der Waals surface area contributed by atoms with Crippen LogP contribution in [0.15, 0.2) is 24.3 Å².